The molecule has 1 unspecified atom stereocenters. The number of alkyl carbamates (subject to hydrolysis) is 1. The van der Waals surface area contributed by atoms with Crippen LogP contribution in [-0.2, 0) is 16.8 Å². The molecule has 21 heavy (non-hydrogen) atoms. The van der Waals surface area contributed by atoms with Crippen LogP contribution in [0.3, 0.4) is 0 Å². The lowest BCUT2D eigenvalue weighted by Gasteiger charge is -2.47. The van der Waals surface area contributed by atoms with Gasteiger partial charge in [-0.05, 0) is 46.8 Å². The van der Waals surface area contributed by atoms with E-state index in [4.69, 9.17) is 4.74 Å². The van der Waals surface area contributed by atoms with Gasteiger partial charge in [-0.1, -0.05) is 26.8 Å². The highest BCUT2D eigenvalue weighted by Crippen LogP contribution is 2.51. The molecular formula is C16H21BrFNO2. The van der Waals surface area contributed by atoms with E-state index in [2.05, 4.69) is 21.2 Å². The first-order valence-corrected chi connectivity index (χ1v) is 7.90. The van der Waals surface area contributed by atoms with Gasteiger partial charge in [-0.3, -0.25) is 0 Å². The third-order valence-electron chi connectivity index (χ3n) is 4.27. The highest BCUT2D eigenvalue weighted by molar-refractivity contribution is 9.10. The lowest BCUT2D eigenvalue weighted by Crippen LogP contribution is -2.48. The number of hydrogen-bond donors (Lipinski definition) is 1. The van der Waals surface area contributed by atoms with Gasteiger partial charge in [-0.2, -0.15) is 0 Å². The van der Waals surface area contributed by atoms with Crippen LogP contribution in [0.25, 0.3) is 0 Å². The maximum absolute atomic E-state index is 13.8. The van der Waals surface area contributed by atoms with Crippen molar-refractivity contribution in [1.29, 1.82) is 0 Å². The van der Waals surface area contributed by atoms with Crippen molar-refractivity contribution in [2.45, 2.75) is 45.6 Å². The van der Waals surface area contributed by atoms with Crippen LogP contribution in [0.2, 0.25) is 0 Å². The Morgan fingerprint density at radius 2 is 2.10 bits per heavy atom. The van der Waals surface area contributed by atoms with E-state index in [-0.39, 0.29) is 11.2 Å². The maximum Gasteiger partial charge on any atom is 0.407 e. The molecule has 0 bridgehead atoms. The van der Waals surface area contributed by atoms with Crippen molar-refractivity contribution in [1.82, 2.24) is 5.32 Å². The van der Waals surface area contributed by atoms with Gasteiger partial charge < -0.3 is 10.1 Å². The molecule has 3 nitrogen and oxygen atoms in total. The Morgan fingerprint density at radius 1 is 1.43 bits per heavy atom. The molecule has 0 saturated carbocycles. The van der Waals surface area contributed by atoms with Crippen LogP contribution < -0.4 is 5.32 Å². The molecule has 0 heterocycles. The van der Waals surface area contributed by atoms with Crippen molar-refractivity contribution in [3.05, 3.63) is 33.5 Å². The molecule has 1 aliphatic rings. The molecule has 1 aliphatic carbocycles. The molecule has 0 radical (unpaired) electrons. The standard InChI is InChI=1S/C16H21BrFNO2/c1-15(2,3)16(21-14(20)19-4)9-5-6-10-11(16)7-8-12(18)13(10)17/h7-8H,5-6,9H2,1-4H3,(H,19,20). The third kappa shape index (κ3) is 2.68. The zero-order chi connectivity index (χ0) is 15.8. The lowest BCUT2D eigenvalue weighted by molar-refractivity contribution is -0.0857. The van der Waals surface area contributed by atoms with Crippen LogP contribution in [0.1, 0.15) is 44.7 Å². The Bertz CT molecular complexity index is 568. The fourth-order valence-electron chi connectivity index (χ4n) is 3.11. The minimum Gasteiger partial charge on any atom is -0.437 e. The van der Waals surface area contributed by atoms with Crippen LogP contribution in [0.15, 0.2) is 16.6 Å². The maximum atomic E-state index is 13.8. The third-order valence-corrected chi connectivity index (χ3v) is 5.13. The van der Waals surface area contributed by atoms with E-state index in [0.717, 1.165) is 30.4 Å². The van der Waals surface area contributed by atoms with Gasteiger partial charge in [-0.25, -0.2) is 9.18 Å². The van der Waals surface area contributed by atoms with Crippen LogP contribution in [-0.4, -0.2) is 13.1 Å². The Balaban J connectivity index is 2.65. The number of carbonyl (C=O) groups excluding carboxylic acids is 1. The monoisotopic (exact) mass is 357 g/mol. The van der Waals surface area contributed by atoms with E-state index < -0.39 is 11.7 Å². The second kappa shape index (κ2) is 5.59. The van der Waals surface area contributed by atoms with Crippen molar-refractivity contribution in [2.75, 3.05) is 7.05 Å². The molecule has 0 aromatic heterocycles. The van der Waals surface area contributed by atoms with Gasteiger partial charge in [0, 0.05) is 18.0 Å². The second-order valence-electron chi connectivity index (χ2n) is 6.46. The molecule has 0 saturated heterocycles. The number of carbonyl (C=O) groups is 1. The molecule has 0 fully saturated rings. The number of halogens is 2. The zero-order valence-electron chi connectivity index (χ0n) is 12.8. The van der Waals surface area contributed by atoms with Crippen molar-refractivity contribution < 1.29 is 13.9 Å². The molecule has 1 amide bonds. The summed E-state index contributed by atoms with van der Waals surface area (Å²) in [4.78, 5) is 11.9. The summed E-state index contributed by atoms with van der Waals surface area (Å²) in [7, 11) is 1.54. The van der Waals surface area contributed by atoms with Crippen LogP contribution >= 0.6 is 15.9 Å². The summed E-state index contributed by atoms with van der Waals surface area (Å²) in [6.07, 6.45) is 1.90. The number of hydrogen-bond acceptors (Lipinski definition) is 2. The summed E-state index contributed by atoms with van der Waals surface area (Å²) < 4.78 is 20.1. The van der Waals surface area contributed by atoms with E-state index in [0.29, 0.717) is 4.47 Å². The highest BCUT2D eigenvalue weighted by Gasteiger charge is 2.50. The number of fused-ring (bicyclic) bond motifs is 1. The van der Waals surface area contributed by atoms with Gasteiger partial charge in [-0.15, -0.1) is 0 Å². The largest absolute Gasteiger partial charge is 0.437 e. The first-order valence-electron chi connectivity index (χ1n) is 7.11. The van der Waals surface area contributed by atoms with Crippen LogP contribution in [0.5, 0.6) is 0 Å². The number of ether oxygens (including phenoxy) is 1. The highest BCUT2D eigenvalue weighted by atomic mass is 79.9. The molecule has 0 spiro atoms. The molecule has 0 aliphatic heterocycles. The van der Waals surface area contributed by atoms with Crippen LogP contribution in [0.4, 0.5) is 9.18 Å². The summed E-state index contributed by atoms with van der Waals surface area (Å²) in [6, 6.07) is 3.19. The van der Waals surface area contributed by atoms with Crippen molar-refractivity contribution in [3.63, 3.8) is 0 Å². The average molecular weight is 358 g/mol. The van der Waals surface area contributed by atoms with Gasteiger partial charge >= 0.3 is 6.09 Å². The van der Waals surface area contributed by atoms with Gasteiger partial charge in [0.2, 0.25) is 0 Å². The number of amides is 1. The van der Waals surface area contributed by atoms with E-state index >= 15 is 0 Å². The Kier molecular flexibility index (Phi) is 4.34. The number of nitrogens with one attached hydrogen (secondary N) is 1. The molecule has 116 valence electrons. The number of rotatable bonds is 1. The average Bonchev–Trinajstić information content (AvgIpc) is 2.42. The zero-order valence-corrected chi connectivity index (χ0v) is 14.4. The Labute approximate surface area is 133 Å². The van der Waals surface area contributed by atoms with Gasteiger partial charge in [0.05, 0.1) is 4.47 Å². The van der Waals surface area contributed by atoms with Crippen molar-refractivity contribution in [3.8, 4) is 0 Å². The van der Waals surface area contributed by atoms with Gasteiger partial charge in [0.1, 0.15) is 11.4 Å². The van der Waals surface area contributed by atoms with Crippen LogP contribution in [0, 0.1) is 11.2 Å². The quantitative estimate of drug-likeness (QED) is 0.802. The van der Waals surface area contributed by atoms with E-state index in [1.807, 2.05) is 20.8 Å². The minimum atomic E-state index is -0.753. The first-order chi connectivity index (χ1) is 9.73. The number of benzene rings is 1. The van der Waals surface area contributed by atoms with E-state index in [9.17, 15) is 9.18 Å². The molecule has 1 N–H and O–H groups in total. The van der Waals surface area contributed by atoms with Gasteiger partial charge in [0.15, 0.2) is 0 Å². The SMILES string of the molecule is CNC(=O)OC1(C(C)(C)C)CCCc2c1ccc(F)c2Br. The smallest absolute Gasteiger partial charge is 0.407 e. The fourth-order valence-corrected chi connectivity index (χ4v) is 3.66. The molecule has 1 aromatic rings. The molecule has 1 aromatic carbocycles. The normalized spacial score (nSPS) is 21.6. The minimum absolute atomic E-state index is 0.279. The Morgan fingerprint density at radius 3 is 2.67 bits per heavy atom. The summed E-state index contributed by atoms with van der Waals surface area (Å²) in [5.41, 5.74) is 0.751. The summed E-state index contributed by atoms with van der Waals surface area (Å²) in [5, 5.41) is 2.52. The molecule has 5 heteroatoms. The summed E-state index contributed by atoms with van der Waals surface area (Å²) >= 11 is 3.34. The molecule has 1 atom stereocenters. The first kappa shape index (κ1) is 16.3. The summed E-state index contributed by atoms with van der Waals surface area (Å²) in [6.45, 7) is 6.13. The summed E-state index contributed by atoms with van der Waals surface area (Å²) in [5.74, 6) is -0.279. The second-order valence-corrected chi connectivity index (χ2v) is 7.25. The fraction of sp³-hybridized carbons (Fsp3) is 0.562. The molecular weight excluding hydrogens is 337 g/mol. The predicted octanol–water partition coefficient (Wildman–Crippen LogP) is 4.52. The molecule has 2 rings (SSSR count). The van der Waals surface area contributed by atoms with Crippen molar-refractivity contribution >= 4 is 22.0 Å². The van der Waals surface area contributed by atoms with Gasteiger partial charge in [0.25, 0.3) is 0 Å². The van der Waals surface area contributed by atoms with Crippen molar-refractivity contribution in [2.24, 2.45) is 5.41 Å². The Hall–Kier alpha value is -1.10. The van der Waals surface area contributed by atoms with E-state index in [1.165, 1.54) is 6.07 Å². The topological polar surface area (TPSA) is 38.3 Å². The lowest BCUT2D eigenvalue weighted by atomic mass is 9.65. The van der Waals surface area contributed by atoms with E-state index in [1.54, 1.807) is 13.1 Å². The predicted molar refractivity (Wildman–Crippen MR) is 83.7 cm³/mol.